The fourth-order valence-electron chi connectivity index (χ4n) is 1.57. The van der Waals surface area contributed by atoms with E-state index in [9.17, 15) is 17.6 Å². The standard InChI is InChI=1S/C12H8ClF4N3/c13-9-6(18)3-7(19)12(11(9)17)20-8-2-4(14)1-5(15)10(8)16/h1-3,20H,18-19H2. The lowest BCUT2D eigenvalue weighted by molar-refractivity contribution is 0.498. The highest BCUT2D eigenvalue weighted by atomic mass is 35.5. The molecule has 0 aliphatic heterocycles. The quantitative estimate of drug-likeness (QED) is 0.449. The fraction of sp³-hybridized carbons (Fsp3) is 0. The van der Waals surface area contributed by atoms with Gasteiger partial charge in [-0.25, -0.2) is 17.6 Å². The van der Waals surface area contributed by atoms with E-state index in [1.165, 1.54) is 0 Å². The summed E-state index contributed by atoms with van der Waals surface area (Å²) in [7, 11) is 0. The number of hydrogen-bond donors (Lipinski definition) is 3. The maximum absolute atomic E-state index is 13.9. The van der Waals surface area contributed by atoms with Crippen molar-refractivity contribution in [3.05, 3.63) is 46.5 Å². The molecule has 106 valence electrons. The molecule has 0 bridgehead atoms. The topological polar surface area (TPSA) is 64.1 Å². The van der Waals surface area contributed by atoms with Gasteiger partial charge in [0.15, 0.2) is 17.5 Å². The van der Waals surface area contributed by atoms with Gasteiger partial charge in [-0.15, -0.1) is 0 Å². The molecule has 2 rings (SSSR count). The van der Waals surface area contributed by atoms with Crippen molar-refractivity contribution in [2.45, 2.75) is 0 Å². The van der Waals surface area contributed by atoms with Crippen LogP contribution in [0.25, 0.3) is 0 Å². The molecule has 0 heterocycles. The van der Waals surface area contributed by atoms with Crippen molar-refractivity contribution >= 4 is 34.4 Å². The number of nitrogen functional groups attached to an aromatic ring is 2. The van der Waals surface area contributed by atoms with Crippen LogP contribution in [0.2, 0.25) is 5.02 Å². The molecule has 0 atom stereocenters. The number of halogens is 5. The number of rotatable bonds is 2. The first kappa shape index (κ1) is 14.3. The number of nitrogens with one attached hydrogen (secondary N) is 1. The molecule has 0 amide bonds. The molecule has 20 heavy (non-hydrogen) atoms. The fourth-order valence-corrected chi connectivity index (χ4v) is 1.72. The first-order chi connectivity index (χ1) is 9.31. The lowest BCUT2D eigenvalue weighted by Crippen LogP contribution is -2.05. The molecule has 0 saturated carbocycles. The van der Waals surface area contributed by atoms with E-state index < -0.39 is 39.7 Å². The first-order valence-electron chi connectivity index (χ1n) is 5.25. The monoisotopic (exact) mass is 305 g/mol. The predicted octanol–water partition coefficient (Wildman–Crippen LogP) is 3.80. The molecule has 8 heteroatoms. The van der Waals surface area contributed by atoms with Gasteiger partial charge in [0, 0.05) is 12.1 Å². The minimum Gasteiger partial charge on any atom is -0.397 e. The lowest BCUT2D eigenvalue weighted by Gasteiger charge is -2.13. The second kappa shape index (κ2) is 5.09. The third-order valence-electron chi connectivity index (χ3n) is 2.52. The maximum atomic E-state index is 13.9. The molecule has 5 N–H and O–H groups in total. The summed E-state index contributed by atoms with van der Waals surface area (Å²) in [4.78, 5) is 0. The predicted molar refractivity (Wildman–Crippen MR) is 69.8 cm³/mol. The van der Waals surface area contributed by atoms with Crippen molar-refractivity contribution in [1.29, 1.82) is 0 Å². The Morgan fingerprint density at radius 3 is 2.20 bits per heavy atom. The molecular weight excluding hydrogens is 298 g/mol. The summed E-state index contributed by atoms with van der Waals surface area (Å²) in [6.07, 6.45) is 0. The second-order valence-electron chi connectivity index (χ2n) is 3.93. The number of anilines is 4. The van der Waals surface area contributed by atoms with E-state index in [1.807, 2.05) is 0 Å². The summed E-state index contributed by atoms with van der Waals surface area (Å²) in [6.45, 7) is 0. The molecule has 0 aliphatic carbocycles. The van der Waals surface area contributed by atoms with E-state index in [0.717, 1.165) is 6.07 Å². The first-order valence-corrected chi connectivity index (χ1v) is 5.63. The largest absolute Gasteiger partial charge is 0.397 e. The summed E-state index contributed by atoms with van der Waals surface area (Å²) >= 11 is 5.59. The molecule has 2 aromatic carbocycles. The third kappa shape index (κ3) is 2.44. The molecule has 0 radical (unpaired) electrons. The summed E-state index contributed by atoms with van der Waals surface area (Å²) in [6, 6.07) is 2.15. The van der Waals surface area contributed by atoms with Crippen LogP contribution in [0.4, 0.5) is 40.3 Å². The van der Waals surface area contributed by atoms with Crippen molar-refractivity contribution < 1.29 is 17.6 Å². The lowest BCUT2D eigenvalue weighted by atomic mass is 10.2. The Kier molecular flexibility index (Phi) is 3.63. The zero-order chi connectivity index (χ0) is 15.0. The third-order valence-corrected chi connectivity index (χ3v) is 2.90. The number of hydrogen-bond acceptors (Lipinski definition) is 3. The van der Waals surface area contributed by atoms with Gasteiger partial charge in [0.05, 0.1) is 22.7 Å². The average Bonchev–Trinajstić information content (AvgIpc) is 2.37. The van der Waals surface area contributed by atoms with Crippen LogP contribution in [0.1, 0.15) is 0 Å². The smallest absolute Gasteiger partial charge is 0.182 e. The average molecular weight is 306 g/mol. The zero-order valence-electron chi connectivity index (χ0n) is 9.78. The van der Waals surface area contributed by atoms with Gasteiger partial charge >= 0.3 is 0 Å². The number of nitrogens with two attached hydrogens (primary N) is 2. The molecular formula is C12H8ClF4N3. The van der Waals surface area contributed by atoms with E-state index in [-0.39, 0.29) is 11.4 Å². The molecule has 0 unspecified atom stereocenters. The van der Waals surface area contributed by atoms with Crippen molar-refractivity contribution in [1.82, 2.24) is 0 Å². The zero-order valence-corrected chi connectivity index (χ0v) is 10.5. The van der Waals surface area contributed by atoms with Crippen molar-refractivity contribution in [2.24, 2.45) is 0 Å². The van der Waals surface area contributed by atoms with Crippen LogP contribution in [0, 0.1) is 23.3 Å². The summed E-state index contributed by atoms with van der Waals surface area (Å²) < 4.78 is 53.5. The van der Waals surface area contributed by atoms with Crippen LogP contribution in [0.3, 0.4) is 0 Å². The van der Waals surface area contributed by atoms with E-state index >= 15 is 0 Å². The van der Waals surface area contributed by atoms with E-state index in [1.54, 1.807) is 0 Å². The Bertz CT molecular complexity index is 691. The van der Waals surface area contributed by atoms with Gasteiger partial charge in [-0.3, -0.25) is 0 Å². The minimum absolute atomic E-state index is 0.113. The summed E-state index contributed by atoms with van der Waals surface area (Å²) in [5, 5.41) is 1.73. The summed E-state index contributed by atoms with van der Waals surface area (Å²) in [5.41, 5.74) is 9.56. The summed E-state index contributed by atoms with van der Waals surface area (Å²) in [5.74, 6) is -4.88. The Morgan fingerprint density at radius 2 is 1.55 bits per heavy atom. The van der Waals surface area contributed by atoms with Crippen molar-refractivity contribution in [3.63, 3.8) is 0 Å². The molecule has 3 nitrogen and oxygen atoms in total. The van der Waals surface area contributed by atoms with Crippen LogP contribution in [-0.2, 0) is 0 Å². The van der Waals surface area contributed by atoms with E-state index in [2.05, 4.69) is 5.32 Å². The highest BCUT2D eigenvalue weighted by Gasteiger charge is 2.18. The van der Waals surface area contributed by atoms with Crippen LogP contribution < -0.4 is 16.8 Å². The van der Waals surface area contributed by atoms with Gasteiger partial charge in [0.25, 0.3) is 0 Å². The molecule has 0 saturated heterocycles. The molecule has 2 aromatic rings. The Labute approximate surface area is 116 Å². The maximum Gasteiger partial charge on any atom is 0.182 e. The van der Waals surface area contributed by atoms with E-state index in [0.29, 0.717) is 12.1 Å². The van der Waals surface area contributed by atoms with Gasteiger partial charge in [-0.2, -0.15) is 0 Å². The Balaban J connectivity index is 2.54. The highest BCUT2D eigenvalue weighted by molar-refractivity contribution is 6.33. The molecule has 0 fully saturated rings. The SMILES string of the molecule is Nc1cc(N)c(Nc2cc(F)cc(F)c2F)c(F)c1Cl. The van der Waals surface area contributed by atoms with Gasteiger partial charge in [-0.1, -0.05) is 11.6 Å². The van der Waals surface area contributed by atoms with Crippen LogP contribution in [0.15, 0.2) is 18.2 Å². The normalized spacial score (nSPS) is 10.7. The minimum atomic E-state index is -1.42. The van der Waals surface area contributed by atoms with Gasteiger partial charge in [0.1, 0.15) is 10.8 Å². The van der Waals surface area contributed by atoms with E-state index in [4.69, 9.17) is 23.1 Å². The molecule has 0 spiro atoms. The molecule has 0 aromatic heterocycles. The Hall–Kier alpha value is -2.15. The number of benzene rings is 2. The Morgan fingerprint density at radius 1 is 0.900 bits per heavy atom. The van der Waals surface area contributed by atoms with Gasteiger partial charge < -0.3 is 16.8 Å². The van der Waals surface area contributed by atoms with Crippen LogP contribution in [-0.4, -0.2) is 0 Å². The highest BCUT2D eigenvalue weighted by Crippen LogP contribution is 2.36. The van der Waals surface area contributed by atoms with Gasteiger partial charge in [0.2, 0.25) is 0 Å². The van der Waals surface area contributed by atoms with Crippen LogP contribution in [0.5, 0.6) is 0 Å². The van der Waals surface area contributed by atoms with Gasteiger partial charge in [-0.05, 0) is 6.07 Å². The second-order valence-corrected chi connectivity index (χ2v) is 4.31. The molecule has 0 aliphatic rings. The van der Waals surface area contributed by atoms with Crippen molar-refractivity contribution in [3.8, 4) is 0 Å². The van der Waals surface area contributed by atoms with Crippen molar-refractivity contribution in [2.75, 3.05) is 16.8 Å². The van der Waals surface area contributed by atoms with Crippen LogP contribution >= 0.6 is 11.6 Å².